The fourth-order valence-corrected chi connectivity index (χ4v) is 0.315. The number of nitrogens with zero attached hydrogens (tertiary/aromatic N) is 3. The van der Waals surface area contributed by atoms with Crippen LogP contribution in [0.1, 0.15) is 0 Å². The van der Waals surface area contributed by atoms with E-state index in [9.17, 15) is 0 Å². The predicted molar refractivity (Wildman–Crippen MR) is 24.5 cm³/mol. The second-order valence-corrected chi connectivity index (χ2v) is 1.03. The second-order valence-electron chi connectivity index (χ2n) is 1.03. The number of hydrazone groups is 1. The van der Waals surface area contributed by atoms with Gasteiger partial charge in [-0.1, -0.05) is 0 Å². The van der Waals surface area contributed by atoms with Crippen LogP contribution in [-0.2, 0) is 0 Å². The first-order chi connectivity index (χ1) is 3.43. The van der Waals surface area contributed by atoms with E-state index in [1.54, 1.807) is 0 Å². The summed E-state index contributed by atoms with van der Waals surface area (Å²) in [7, 11) is 0. The largest absolute Gasteiger partial charge is 0.331 e. The average Bonchev–Trinajstić information content (AvgIpc) is 2.14. The van der Waals surface area contributed by atoms with Crippen molar-refractivity contribution in [3.63, 3.8) is 0 Å². The molecule has 1 aliphatic rings. The predicted octanol–water partition coefficient (Wildman–Crippen LogP) is -0.771. The van der Waals surface area contributed by atoms with Crippen LogP contribution in [0.25, 0.3) is 0 Å². The van der Waals surface area contributed by atoms with Crippen molar-refractivity contribution in [2.75, 3.05) is 6.67 Å². The summed E-state index contributed by atoms with van der Waals surface area (Å²) in [5.41, 5.74) is 0. The summed E-state index contributed by atoms with van der Waals surface area (Å²) in [4.78, 5) is 0. The number of guanidine groups is 1. The highest BCUT2D eigenvalue weighted by Gasteiger charge is 1.97. The fourth-order valence-electron chi connectivity index (χ4n) is 0.315. The van der Waals surface area contributed by atoms with E-state index < -0.39 is 0 Å². The summed E-state index contributed by atoms with van der Waals surface area (Å²) in [6, 6.07) is 0. The van der Waals surface area contributed by atoms with Gasteiger partial charge >= 0.3 is 0 Å². The van der Waals surface area contributed by atoms with Crippen molar-refractivity contribution in [2.24, 2.45) is 21.2 Å². The summed E-state index contributed by atoms with van der Waals surface area (Å²) >= 11 is 0. The number of hydrogen-bond acceptors (Lipinski definition) is 3. The smallest absolute Gasteiger partial charge is 0.260 e. The molecule has 1 rings (SSSR count). The zero-order chi connectivity index (χ0) is 5.11. The maximum absolute atomic E-state index is 4.81. The molecular weight excluding hydrogens is 94.1 g/mol. The van der Waals surface area contributed by atoms with Gasteiger partial charge in [0.2, 0.25) is 0 Å². The van der Waals surface area contributed by atoms with Crippen LogP contribution in [0.15, 0.2) is 15.3 Å². The Hall–Kier alpha value is -1.13. The molecule has 0 bridgehead atoms. The minimum Gasteiger partial charge on any atom is -0.331 e. The van der Waals surface area contributed by atoms with Crippen molar-refractivity contribution in [3.8, 4) is 0 Å². The Bertz CT molecular complexity index is 110. The highest BCUT2D eigenvalue weighted by molar-refractivity contribution is 5.80. The molecular formula is C2H5N5. The normalized spacial score (nSPS) is 23.1. The molecule has 0 radical (unpaired) electrons. The van der Waals surface area contributed by atoms with Gasteiger partial charge in [0.1, 0.15) is 6.67 Å². The van der Waals surface area contributed by atoms with Gasteiger partial charge in [-0.05, 0) is 0 Å². The Morgan fingerprint density at radius 1 is 1.86 bits per heavy atom. The van der Waals surface area contributed by atoms with Crippen molar-refractivity contribution < 1.29 is 0 Å². The van der Waals surface area contributed by atoms with Crippen LogP contribution in [0.4, 0.5) is 0 Å². The van der Waals surface area contributed by atoms with Gasteiger partial charge in [0.05, 0.1) is 0 Å². The van der Waals surface area contributed by atoms with Crippen LogP contribution >= 0.6 is 0 Å². The third-order valence-electron chi connectivity index (χ3n) is 0.596. The molecule has 38 valence electrons. The summed E-state index contributed by atoms with van der Waals surface area (Å²) in [5.74, 6) is 5.21. The molecule has 1 heterocycles. The molecule has 0 saturated carbocycles. The third-order valence-corrected chi connectivity index (χ3v) is 0.596. The first-order valence-corrected chi connectivity index (χ1v) is 1.83. The van der Waals surface area contributed by atoms with Gasteiger partial charge in [-0.3, -0.25) is 0 Å². The topological polar surface area (TPSA) is 75.1 Å². The van der Waals surface area contributed by atoms with Crippen molar-refractivity contribution in [1.29, 1.82) is 0 Å². The van der Waals surface area contributed by atoms with E-state index in [0.717, 1.165) is 0 Å². The van der Waals surface area contributed by atoms with E-state index in [4.69, 9.17) is 5.84 Å². The SMILES string of the molecule is NN=C1N=NCN1. The first kappa shape index (κ1) is 4.04. The highest BCUT2D eigenvalue weighted by Crippen LogP contribution is 1.83. The standard InChI is InChI=1S/C2H5N5/c3-6-2-4-1-5-7-2/h1,3H2,(H,4,6). The molecule has 1 aliphatic heterocycles. The van der Waals surface area contributed by atoms with Crippen LogP contribution in [0.5, 0.6) is 0 Å². The lowest BCUT2D eigenvalue weighted by Crippen LogP contribution is -2.16. The van der Waals surface area contributed by atoms with Crippen molar-refractivity contribution in [2.45, 2.75) is 0 Å². The summed E-state index contributed by atoms with van der Waals surface area (Å²) in [5, 5.41) is 13.0. The summed E-state index contributed by atoms with van der Waals surface area (Å²) in [6.07, 6.45) is 0. The fraction of sp³-hybridized carbons (Fsp3) is 0.500. The maximum atomic E-state index is 4.81. The van der Waals surface area contributed by atoms with Crippen LogP contribution < -0.4 is 11.2 Å². The summed E-state index contributed by atoms with van der Waals surface area (Å²) < 4.78 is 0. The van der Waals surface area contributed by atoms with Gasteiger partial charge < -0.3 is 11.2 Å². The number of azo groups is 1. The maximum Gasteiger partial charge on any atom is 0.260 e. The lowest BCUT2D eigenvalue weighted by atomic mass is 11.0. The minimum absolute atomic E-state index is 0.403. The lowest BCUT2D eigenvalue weighted by molar-refractivity contribution is 0.955. The van der Waals surface area contributed by atoms with E-state index in [2.05, 4.69) is 20.6 Å². The van der Waals surface area contributed by atoms with Crippen LogP contribution in [0, 0.1) is 0 Å². The van der Waals surface area contributed by atoms with Gasteiger partial charge in [-0.2, -0.15) is 5.11 Å². The number of rotatable bonds is 0. The highest BCUT2D eigenvalue weighted by atomic mass is 15.4. The molecule has 0 aromatic carbocycles. The molecule has 0 aromatic rings. The molecule has 0 atom stereocenters. The number of hydrogen-bond donors (Lipinski definition) is 2. The number of nitrogens with one attached hydrogen (secondary N) is 1. The van der Waals surface area contributed by atoms with E-state index in [1.807, 2.05) is 0 Å². The van der Waals surface area contributed by atoms with Gasteiger partial charge in [-0.25, -0.2) is 0 Å². The van der Waals surface area contributed by atoms with E-state index >= 15 is 0 Å². The van der Waals surface area contributed by atoms with Gasteiger partial charge in [0.15, 0.2) is 0 Å². The third kappa shape index (κ3) is 0.648. The minimum atomic E-state index is 0.403. The second kappa shape index (κ2) is 1.55. The zero-order valence-corrected chi connectivity index (χ0v) is 3.63. The molecule has 0 spiro atoms. The van der Waals surface area contributed by atoms with Gasteiger partial charge in [-0.15, -0.1) is 10.2 Å². The average molecular weight is 99.1 g/mol. The molecule has 5 nitrogen and oxygen atoms in total. The molecule has 0 saturated heterocycles. The Balaban J connectivity index is 2.59. The quantitative estimate of drug-likeness (QED) is 0.309. The molecule has 0 aromatic heterocycles. The lowest BCUT2D eigenvalue weighted by Gasteiger charge is -1.83. The van der Waals surface area contributed by atoms with Crippen molar-refractivity contribution >= 4 is 5.96 Å². The molecule has 0 aliphatic carbocycles. The molecule has 0 unspecified atom stereocenters. The van der Waals surface area contributed by atoms with Crippen molar-refractivity contribution in [1.82, 2.24) is 5.32 Å². The summed E-state index contributed by atoms with van der Waals surface area (Å²) in [6.45, 7) is 0.496. The van der Waals surface area contributed by atoms with E-state index in [1.165, 1.54) is 0 Å². The Labute approximate surface area is 40.3 Å². The molecule has 0 fully saturated rings. The van der Waals surface area contributed by atoms with E-state index in [-0.39, 0.29) is 0 Å². The van der Waals surface area contributed by atoms with Gasteiger partial charge in [0, 0.05) is 0 Å². The van der Waals surface area contributed by atoms with Crippen LogP contribution in [-0.4, -0.2) is 12.6 Å². The van der Waals surface area contributed by atoms with Crippen LogP contribution in [0.3, 0.4) is 0 Å². The van der Waals surface area contributed by atoms with E-state index in [0.29, 0.717) is 12.6 Å². The first-order valence-electron chi connectivity index (χ1n) is 1.83. The molecule has 7 heavy (non-hydrogen) atoms. The van der Waals surface area contributed by atoms with Gasteiger partial charge in [0.25, 0.3) is 5.96 Å². The van der Waals surface area contributed by atoms with Crippen molar-refractivity contribution in [3.05, 3.63) is 0 Å². The molecule has 3 N–H and O–H groups in total. The zero-order valence-electron chi connectivity index (χ0n) is 3.63. The Kier molecular flexibility index (Phi) is 0.892. The Morgan fingerprint density at radius 2 is 2.71 bits per heavy atom. The molecule has 0 amide bonds. The Morgan fingerprint density at radius 3 is 3.00 bits per heavy atom. The number of nitrogens with two attached hydrogens (primary N) is 1. The van der Waals surface area contributed by atoms with Crippen LogP contribution in [0.2, 0.25) is 0 Å². The monoisotopic (exact) mass is 99.1 g/mol. The molecule has 5 heteroatoms.